The molecule has 0 aliphatic rings. The first kappa shape index (κ1) is 29.3. The van der Waals surface area contributed by atoms with E-state index in [9.17, 15) is 14.4 Å². The van der Waals surface area contributed by atoms with E-state index in [1.54, 1.807) is 0 Å². The van der Waals surface area contributed by atoms with Crippen molar-refractivity contribution in [3.05, 3.63) is 0 Å². The zero-order valence-corrected chi connectivity index (χ0v) is 18.6. The van der Waals surface area contributed by atoms with Gasteiger partial charge in [0.25, 0.3) is 0 Å². The minimum atomic E-state index is -0.516. The van der Waals surface area contributed by atoms with Gasteiger partial charge in [-0.25, -0.2) is 14.4 Å². The van der Waals surface area contributed by atoms with E-state index in [1.807, 2.05) is 18.7 Å². The Kier molecular flexibility index (Phi) is 21.0. The van der Waals surface area contributed by atoms with Crippen molar-refractivity contribution in [3.63, 3.8) is 0 Å². The Labute approximate surface area is 179 Å². The van der Waals surface area contributed by atoms with Crippen LogP contribution >= 0.6 is 12.4 Å². The maximum Gasteiger partial charge on any atom is 0.407 e. The molecule has 0 heterocycles. The molecule has 0 saturated heterocycles. The van der Waals surface area contributed by atoms with E-state index < -0.39 is 18.3 Å². The van der Waals surface area contributed by atoms with E-state index >= 15 is 0 Å². The molecule has 0 spiro atoms. The fourth-order valence-electron chi connectivity index (χ4n) is 2.10. The average molecular weight is 441 g/mol. The summed E-state index contributed by atoms with van der Waals surface area (Å²) in [7, 11) is 1.29. The summed E-state index contributed by atoms with van der Waals surface area (Å²) in [5.74, 6) is 0. The zero-order valence-electron chi connectivity index (χ0n) is 17.8. The molecule has 0 atom stereocenters. The van der Waals surface area contributed by atoms with E-state index in [4.69, 9.17) is 9.47 Å². The van der Waals surface area contributed by atoms with Crippen molar-refractivity contribution < 1.29 is 28.6 Å². The largest absolute Gasteiger partial charge is 0.453 e. The van der Waals surface area contributed by atoms with Crippen molar-refractivity contribution in [1.82, 2.24) is 20.9 Å². The van der Waals surface area contributed by atoms with Crippen LogP contribution in [0.4, 0.5) is 14.4 Å². The predicted octanol–water partition coefficient (Wildman–Crippen LogP) is 2.12. The molecular weight excluding hydrogens is 404 g/mol. The van der Waals surface area contributed by atoms with E-state index in [2.05, 4.69) is 20.7 Å². The Morgan fingerprint density at radius 2 is 1.17 bits per heavy atom. The standard InChI is InChI=1S/C18H36N4O6.ClH/c1-4-6-8-19-17(24)27-14-12-22(11-10-21-16(23)26-3)13-15-28-18(25)20-9-7-5-2;/h4-15H2,1-3H3,(H,19,24)(H,20,25)(H,21,23);1H. The number of unbranched alkanes of at least 4 members (excludes halogenated alkanes) is 2. The monoisotopic (exact) mass is 440 g/mol. The van der Waals surface area contributed by atoms with Crippen LogP contribution in [0.15, 0.2) is 0 Å². The van der Waals surface area contributed by atoms with Crippen LogP contribution in [0.3, 0.4) is 0 Å². The summed E-state index contributed by atoms with van der Waals surface area (Å²) in [6, 6.07) is 0. The van der Waals surface area contributed by atoms with Gasteiger partial charge in [0.1, 0.15) is 13.2 Å². The van der Waals surface area contributed by atoms with Gasteiger partial charge in [0.15, 0.2) is 0 Å². The molecule has 3 N–H and O–H groups in total. The topological polar surface area (TPSA) is 118 Å². The van der Waals surface area contributed by atoms with Crippen molar-refractivity contribution in [2.75, 3.05) is 59.6 Å². The number of hydrogen-bond acceptors (Lipinski definition) is 7. The molecule has 0 aromatic rings. The molecule has 0 unspecified atom stereocenters. The van der Waals surface area contributed by atoms with Crippen LogP contribution in [0.5, 0.6) is 0 Å². The second kappa shape index (κ2) is 20.8. The molecular formula is C18H37ClN4O6. The van der Waals surface area contributed by atoms with Gasteiger partial charge in [0, 0.05) is 39.3 Å². The number of hydrogen-bond donors (Lipinski definition) is 3. The minimum Gasteiger partial charge on any atom is -0.453 e. The lowest BCUT2D eigenvalue weighted by Gasteiger charge is -2.22. The first-order chi connectivity index (χ1) is 13.5. The molecule has 11 heteroatoms. The van der Waals surface area contributed by atoms with Gasteiger partial charge in [-0.05, 0) is 12.8 Å². The Balaban J connectivity index is 0. The van der Waals surface area contributed by atoms with Gasteiger partial charge in [0.05, 0.1) is 7.11 Å². The molecule has 0 bridgehead atoms. The van der Waals surface area contributed by atoms with Gasteiger partial charge in [-0.3, -0.25) is 4.90 Å². The highest BCUT2D eigenvalue weighted by molar-refractivity contribution is 5.85. The second-order valence-corrected chi connectivity index (χ2v) is 6.09. The normalized spacial score (nSPS) is 9.93. The van der Waals surface area contributed by atoms with E-state index in [-0.39, 0.29) is 25.6 Å². The highest BCUT2D eigenvalue weighted by Gasteiger charge is 2.10. The SMILES string of the molecule is CCCCNC(=O)OCCN(CCNC(=O)OC)CCOC(=O)NCCCC.Cl. The number of carbonyl (C=O) groups excluding carboxylic acids is 3. The Morgan fingerprint density at radius 1 is 0.724 bits per heavy atom. The van der Waals surface area contributed by atoms with E-state index in [1.165, 1.54) is 7.11 Å². The third-order valence-electron chi connectivity index (χ3n) is 3.76. The third kappa shape index (κ3) is 19.2. The fourth-order valence-corrected chi connectivity index (χ4v) is 2.10. The van der Waals surface area contributed by atoms with E-state index in [0.29, 0.717) is 39.3 Å². The van der Waals surface area contributed by atoms with E-state index in [0.717, 1.165) is 25.7 Å². The molecule has 0 aliphatic heterocycles. The van der Waals surface area contributed by atoms with Gasteiger partial charge in [-0.1, -0.05) is 26.7 Å². The average Bonchev–Trinajstić information content (AvgIpc) is 2.67. The van der Waals surface area contributed by atoms with Gasteiger partial charge in [-0.2, -0.15) is 0 Å². The van der Waals surface area contributed by atoms with Crippen molar-refractivity contribution in [1.29, 1.82) is 0 Å². The quantitative estimate of drug-likeness (QED) is 0.263. The van der Waals surface area contributed by atoms with Crippen LogP contribution in [0.2, 0.25) is 0 Å². The molecule has 172 valence electrons. The lowest BCUT2D eigenvalue weighted by Crippen LogP contribution is -2.39. The molecule has 0 aromatic heterocycles. The molecule has 0 rings (SSSR count). The Morgan fingerprint density at radius 3 is 1.59 bits per heavy atom. The number of methoxy groups -OCH3 is 1. The molecule has 0 aromatic carbocycles. The first-order valence-electron chi connectivity index (χ1n) is 9.88. The lowest BCUT2D eigenvalue weighted by molar-refractivity contribution is 0.106. The van der Waals surface area contributed by atoms with Crippen molar-refractivity contribution in [2.24, 2.45) is 0 Å². The fraction of sp³-hybridized carbons (Fsp3) is 0.833. The summed E-state index contributed by atoms with van der Waals surface area (Å²) in [6.07, 6.45) is 2.37. The maximum atomic E-state index is 11.6. The van der Waals surface area contributed by atoms with Crippen LogP contribution < -0.4 is 16.0 Å². The summed E-state index contributed by atoms with van der Waals surface area (Å²) < 4.78 is 14.8. The smallest absolute Gasteiger partial charge is 0.407 e. The van der Waals surface area contributed by atoms with Crippen molar-refractivity contribution >= 4 is 30.7 Å². The molecule has 10 nitrogen and oxygen atoms in total. The summed E-state index contributed by atoms with van der Waals surface area (Å²) in [4.78, 5) is 36.2. The number of halogens is 1. The highest BCUT2D eigenvalue weighted by Crippen LogP contribution is 1.92. The first-order valence-corrected chi connectivity index (χ1v) is 9.88. The van der Waals surface area contributed by atoms with Crippen LogP contribution in [0.25, 0.3) is 0 Å². The number of rotatable bonds is 15. The molecule has 0 aliphatic carbocycles. The molecule has 0 fully saturated rings. The van der Waals surface area contributed by atoms with Crippen molar-refractivity contribution in [3.8, 4) is 0 Å². The predicted molar refractivity (Wildman–Crippen MR) is 113 cm³/mol. The summed E-state index contributed by atoms with van der Waals surface area (Å²) in [5.41, 5.74) is 0. The maximum absolute atomic E-state index is 11.6. The van der Waals surface area contributed by atoms with Gasteiger partial charge < -0.3 is 30.2 Å². The lowest BCUT2D eigenvalue weighted by atomic mass is 10.3. The van der Waals surface area contributed by atoms with Gasteiger partial charge >= 0.3 is 18.3 Å². The molecule has 29 heavy (non-hydrogen) atoms. The number of carbonyl (C=O) groups is 3. The van der Waals surface area contributed by atoms with Crippen LogP contribution in [0.1, 0.15) is 39.5 Å². The number of nitrogens with one attached hydrogen (secondary N) is 3. The van der Waals surface area contributed by atoms with Crippen molar-refractivity contribution in [2.45, 2.75) is 39.5 Å². The van der Waals surface area contributed by atoms with Gasteiger partial charge in [-0.15, -0.1) is 12.4 Å². The third-order valence-corrected chi connectivity index (χ3v) is 3.76. The Bertz CT molecular complexity index is 415. The summed E-state index contributed by atoms with van der Waals surface area (Å²) in [5, 5.41) is 7.94. The minimum absolute atomic E-state index is 0. The van der Waals surface area contributed by atoms with Crippen LogP contribution in [0, 0.1) is 0 Å². The number of nitrogens with zero attached hydrogens (tertiary/aromatic N) is 1. The number of ether oxygens (including phenoxy) is 3. The van der Waals surface area contributed by atoms with Crippen LogP contribution in [-0.2, 0) is 14.2 Å². The molecule has 3 amide bonds. The molecule has 0 saturated carbocycles. The summed E-state index contributed by atoms with van der Waals surface area (Å²) >= 11 is 0. The molecule has 0 radical (unpaired) electrons. The zero-order chi connectivity index (χ0) is 21.0. The summed E-state index contributed by atoms with van der Waals surface area (Å²) in [6.45, 7) is 7.40. The number of amides is 3. The highest BCUT2D eigenvalue weighted by atomic mass is 35.5. The van der Waals surface area contributed by atoms with Crippen LogP contribution in [-0.4, -0.2) is 82.8 Å². The number of alkyl carbamates (subject to hydrolysis) is 3. The second-order valence-electron chi connectivity index (χ2n) is 6.09. The van der Waals surface area contributed by atoms with Gasteiger partial charge in [0.2, 0.25) is 0 Å². The Hall–Kier alpha value is -1.94.